The molecule has 9 atom stereocenters. The second-order valence-corrected chi connectivity index (χ2v) is 11.6. The van der Waals surface area contributed by atoms with Gasteiger partial charge in [0.15, 0.2) is 0 Å². The minimum absolute atomic E-state index is 0.0133. The number of nitrogens with zero attached hydrogens (tertiary/aromatic N) is 1. The summed E-state index contributed by atoms with van der Waals surface area (Å²) in [5.41, 5.74) is 0.935. The lowest BCUT2D eigenvalue weighted by Crippen LogP contribution is -2.51. The predicted octanol–water partition coefficient (Wildman–Crippen LogP) is 6.10. The van der Waals surface area contributed by atoms with Crippen LogP contribution in [0, 0.1) is 46.8 Å². The van der Waals surface area contributed by atoms with Crippen molar-refractivity contribution >= 4 is 5.91 Å². The van der Waals surface area contributed by atoms with Crippen molar-refractivity contribution in [2.75, 3.05) is 0 Å². The Hall–Kier alpha value is -1.38. The molecule has 0 saturated heterocycles. The van der Waals surface area contributed by atoms with Gasteiger partial charge in [0.1, 0.15) is 5.69 Å². The molecule has 0 radical (unpaired) electrons. The van der Waals surface area contributed by atoms with Crippen molar-refractivity contribution in [1.82, 2.24) is 10.3 Å². The van der Waals surface area contributed by atoms with E-state index in [0.717, 1.165) is 35.5 Å². The highest BCUT2D eigenvalue weighted by molar-refractivity contribution is 5.92. The smallest absolute Gasteiger partial charge is 0.270 e. The highest BCUT2D eigenvalue weighted by Crippen LogP contribution is 2.64. The summed E-state index contributed by atoms with van der Waals surface area (Å²) < 4.78 is 0. The molecule has 1 amide bonds. The number of amides is 1. The van der Waals surface area contributed by atoms with Crippen LogP contribution in [0.5, 0.6) is 0 Å². The van der Waals surface area contributed by atoms with E-state index in [1.807, 2.05) is 18.2 Å². The van der Waals surface area contributed by atoms with Gasteiger partial charge in [0.2, 0.25) is 0 Å². The van der Waals surface area contributed by atoms with Crippen molar-refractivity contribution in [3.8, 4) is 0 Å². The summed E-state index contributed by atoms with van der Waals surface area (Å²) in [6, 6.07) is 5.79. The van der Waals surface area contributed by atoms with E-state index in [2.05, 4.69) is 31.1 Å². The van der Waals surface area contributed by atoms with E-state index in [1.165, 1.54) is 57.8 Å². The van der Waals surface area contributed by atoms with Crippen LogP contribution in [0.25, 0.3) is 0 Å². The number of carbonyl (C=O) groups is 1. The summed E-state index contributed by atoms with van der Waals surface area (Å²) in [4.78, 5) is 17.0. The Bertz CT molecular complexity index is 763. The van der Waals surface area contributed by atoms with Gasteiger partial charge in [0.25, 0.3) is 5.91 Å². The number of hydrogen-bond acceptors (Lipinski definition) is 2. The van der Waals surface area contributed by atoms with E-state index in [0.29, 0.717) is 17.0 Å². The zero-order valence-electron chi connectivity index (χ0n) is 19.1. The Morgan fingerprint density at radius 3 is 2.70 bits per heavy atom. The molecular formula is C27H40N2O. The van der Waals surface area contributed by atoms with Crippen LogP contribution in [0.3, 0.4) is 0 Å². The van der Waals surface area contributed by atoms with E-state index in [-0.39, 0.29) is 11.9 Å². The normalized spacial score (nSPS) is 43.8. The van der Waals surface area contributed by atoms with E-state index >= 15 is 0 Å². The van der Waals surface area contributed by atoms with Crippen LogP contribution in [0.15, 0.2) is 24.4 Å². The molecule has 4 aliphatic rings. The zero-order valence-corrected chi connectivity index (χ0v) is 19.1. The predicted molar refractivity (Wildman–Crippen MR) is 121 cm³/mol. The van der Waals surface area contributed by atoms with Gasteiger partial charge >= 0.3 is 0 Å². The lowest BCUT2D eigenvalue weighted by molar-refractivity contribution is -0.0698. The Morgan fingerprint density at radius 2 is 1.90 bits per heavy atom. The summed E-state index contributed by atoms with van der Waals surface area (Å²) in [7, 11) is 0. The van der Waals surface area contributed by atoms with Crippen molar-refractivity contribution < 1.29 is 4.79 Å². The second kappa shape index (κ2) is 7.95. The molecule has 0 aliphatic heterocycles. The fraction of sp³-hybridized carbons (Fsp3) is 0.778. The number of pyridine rings is 1. The molecule has 5 rings (SSSR count). The molecule has 1 N–H and O–H groups in total. The van der Waals surface area contributed by atoms with Crippen LogP contribution in [0.1, 0.15) is 89.0 Å². The van der Waals surface area contributed by atoms with Crippen molar-refractivity contribution in [2.45, 2.75) is 84.6 Å². The minimum Gasteiger partial charge on any atom is -0.348 e. The van der Waals surface area contributed by atoms with Crippen molar-refractivity contribution in [1.29, 1.82) is 0 Å². The van der Waals surface area contributed by atoms with Crippen LogP contribution in [0.2, 0.25) is 0 Å². The molecule has 4 aliphatic carbocycles. The third-order valence-corrected chi connectivity index (χ3v) is 10.1. The Morgan fingerprint density at radius 1 is 1.07 bits per heavy atom. The number of rotatable bonds is 3. The molecular weight excluding hydrogens is 368 g/mol. The highest BCUT2D eigenvalue weighted by Gasteiger charge is 2.57. The molecule has 4 fully saturated rings. The first-order chi connectivity index (χ1) is 14.5. The van der Waals surface area contributed by atoms with E-state index in [4.69, 9.17) is 0 Å². The maximum Gasteiger partial charge on any atom is 0.270 e. The van der Waals surface area contributed by atoms with E-state index in [9.17, 15) is 4.79 Å². The van der Waals surface area contributed by atoms with Gasteiger partial charge in [0.05, 0.1) is 0 Å². The molecule has 30 heavy (non-hydrogen) atoms. The number of aromatic nitrogens is 1. The Kier molecular flexibility index (Phi) is 5.44. The number of carbonyl (C=O) groups excluding carboxylic acids is 1. The van der Waals surface area contributed by atoms with Crippen molar-refractivity contribution in [3.63, 3.8) is 0 Å². The highest BCUT2D eigenvalue weighted by atomic mass is 16.1. The summed E-state index contributed by atoms with van der Waals surface area (Å²) in [5.74, 6) is 6.39. The van der Waals surface area contributed by atoms with Crippen LogP contribution in [-0.4, -0.2) is 16.9 Å². The van der Waals surface area contributed by atoms with Crippen LogP contribution < -0.4 is 5.32 Å². The molecule has 1 heterocycles. The van der Waals surface area contributed by atoms with Gasteiger partial charge in [-0.15, -0.1) is 0 Å². The topological polar surface area (TPSA) is 42.0 Å². The molecule has 3 nitrogen and oxygen atoms in total. The second-order valence-electron chi connectivity index (χ2n) is 11.6. The average Bonchev–Trinajstić information content (AvgIpc) is 3.11. The van der Waals surface area contributed by atoms with Gasteiger partial charge in [0, 0.05) is 12.2 Å². The van der Waals surface area contributed by atoms with Crippen molar-refractivity contribution in [3.05, 3.63) is 30.1 Å². The lowest BCUT2D eigenvalue weighted by atomic mass is 9.49. The largest absolute Gasteiger partial charge is 0.348 e. The fourth-order valence-corrected chi connectivity index (χ4v) is 8.83. The molecule has 164 valence electrons. The van der Waals surface area contributed by atoms with E-state index < -0.39 is 0 Å². The SMILES string of the molecule is C[C@H]1CC[C@@H]2C3CC[C@@]4(C)C(CCC4[C@@H](C)NC(=O)c4ccccn4)[C@@H]3CC[C@@H]2C1. The molecule has 3 heteroatoms. The first-order valence-corrected chi connectivity index (χ1v) is 12.7. The molecule has 3 unspecified atom stereocenters. The summed E-state index contributed by atoms with van der Waals surface area (Å²) >= 11 is 0. The summed E-state index contributed by atoms with van der Waals surface area (Å²) in [6.07, 6.45) is 14.6. The molecule has 0 aromatic carbocycles. The standard InChI is InChI=1S/C27H40N2O/c1-17-7-9-20-19(16-17)8-10-22-21(20)13-14-27(3)23(11-12-24(22)27)18(2)29-26(30)25-6-4-5-15-28-25/h4-6,15,17-24H,7-14,16H2,1-3H3,(H,29,30)/t17-,18+,19+,20-,21?,22+,23?,24?,27+/m0/s1. The van der Waals surface area contributed by atoms with Gasteiger partial charge in [-0.1, -0.05) is 26.3 Å². The third kappa shape index (κ3) is 3.41. The van der Waals surface area contributed by atoms with Gasteiger partial charge in [-0.2, -0.15) is 0 Å². The fourth-order valence-electron chi connectivity index (χ4n) is 8.83. The monoisotopic (exact) mass is 408 g/mol. The maximum absolute atomic E-state index is 12.7. The maximum atomic E-state index is 12.7. The summed E-state index contributed by atoms with van der Waals surface area (Å²) in [5, 5.41) is 3.32. The van der Waals surface area contributed by atoms with Gasteiger partial charge in [-0.3, -0.25) is 9.78 Å². The van der Waals surface area contributed by atoms with Crippen molar-refractivity contribution in [2.24, 2.45) is 46.8 Å². The first-order valence-electron chi connectivity index (χ1n) is 12.7. The quantitative estimate of drug-likeness (QED) is 0.656. The van der Waals surface area contributed by atoms with Crippen LogP contribution in [0.4, 0.5) is 0 Å². The van der Waals surface area contributed by atoms with E-state index in [1.54, 1.807) is 6.20 Å². The van der Waals surface area contributed by atoms with Crippen LogP contribution in [-0.2, 0) is 0 Å². The zero-order chi connectivity index (χ0) is 20.9. The molecule has 1 aromatic heterocycles. The van der Waals surface area contributed by atoms with Crippen LogP contribution >= 0.6 is 0 Å². The minimum atomic E-state index is -0.0133. The average molecular weight is 409 g/mol. The first kappa shape index (κ1) is 20.5. The number of fused-ring (bicyclic) bond motifs is 5. The lowest BCUT2D eigenvalue weighted by Gasteiger charge is -2.56. The van der Waals surface area contributed by atoms with Gasteiger partial charge < -0.3 is 5.32 Å². The molecule has 0 bridgehead atoms. The third-order valence-electron chi connectivity index (χ3n) is 10.1. The van der Waals surface area contributed by atoms with Gasteiger partial charge in [-0.05, 0) is 117 Å². The molecule has 4 saturated carbocycles. The summed E-state index contributed by atoms with van der Waals surface area (Å²) in [6.45, 7) is 7.29. The number of nitrogens with one attached hydrogen (secondary N) is 1. The Balaban J connectivity index is 1.29. The molecule has 0 spiro atoms. The molecule has 1 aromatic rings. The van der Waals surface area contributed by atoms with Gasteiger partial charge in [-0.25, -0.2) is 0 Å². The Labute approximate surface area is 182 Å². The number of hydrogen-bond donors (Lipinski definition) is 1.